The molecule has 1 N–H and O–H groups in total. The van der Waals surface area contributed by atoms with Crippen LogP contribution in [0.3, 0.4) is 0 Å². The largest absolute Gasteiger partial charge is 0.573 e. The molecule has 1 rings (SSSR count). The van der Waals surface area contributed by atoms with Crippen LogP contribution in [0.5, 0.6) is 11.5 Å². The lowest BCUT2D eigenvalue weighted by Crippen LogP contribution is -2.18. The third-order valence-electron chi connectivity index (χ3n) is 1.83. The van der Waals surface area contributed by atoms with Crippen molar-refractivity contribution >= 4 is 17.4 Å². The predicted molar refractivity (Wildman–Crippen MR) is 54.4 cm³/mol. The molecule has 7 heteroatoms. The van der Waals surface area contributed by atoms with Crippen molar-refractivity contribution in [2.45, 2.75) is 18.7 Å². The first-order valence-electron chi connectivity index (χ1n) is 4.48. The van der Waals surface area contributed by atoms with E-state index in [0.29, 0.717) is 0 Å². The lowest BCUT2D eigenvalue weighted by atomic mass is 10.1. The lowest BCUT2D eigenvalue weighted by molar-refractivity contribution is -0.275. The van der Waals surface area contributed by atoms with Gasteiger partial charge in [0.05, 0.1) is 5.38 Å². The fourth-order valence-corrected chi connectivity index (χ4v) is 1.23. The number of ketones is 1. The van der Waals surface area contributed by atoms with Crippen LogP contribution in [0.15, 0.2) is 18.2 Å². The van der Waals surface area contributed by atoms with Crippen molar-refractivity contribution in [2.24, 2.45) is 0 Å². The summed E-state index contributed by atoms with van der Waals surface area (Å²) in [6.07, 6.45) is -4.94. The number of aromatic hydroxyl groups is 1. The second-order valence-corrected chi connectivity index (χ2v) is 3.87. The molecule has 0 aliphatic heterocycles. The monoisotopic (exact) mass is 268 g/mol. The Morgan fingerprint density at radius 3 is 2.53 bits per heavy atom. The molecular formula is C10H8ClF3O3. The van der Waals surface area contributed by atoms with Crippen molar-refractivity contribution in [2.75, 3.05) is 0 Å². The molecule has 0 saturated heterocycles. The third-order valence-corrected chi connectivity index (χ3v) is 2.03. The molecule has 3 nitrogen and oxygen atoms in total. The maximum atomic E-state index is 12.0. The second kappa shape index (κ2) is 4.83. The summed E-state index contributed by atoms with van der Waals surface area (Å²) in [5.41, 5.74) is -0.0652. The topological polar surface area (TPSA) is 46.5 Å². The first kappa shape index (κ1) is 13.6. The Morgan fingerprint density at radius 1 is 1.47 bits per heavy atom. The number of rotatable bonds is 3. The van der Waals surface area contributed by atoms with E-state index < -0.39 is 29.0 Å². The first-order chi connectivity index (χ1) is 7.70. The molecule has 0 aromatic heterocycles. The number of halogens is 4. The van der Waals surface area contributed by atoms with Crippen LogP contribution in [0.25, 0.3) is 0 Å². The number of ether oxygens (including phenoxy) is 1. The van der Waals surface area contributed by atoms with Gasteiger partial charge in [0.15, 0.2) is 17.3 Å². The van der Waals surface area contributed by atoms with E-state index in [1.807, 2.05) is 0 Å². The Balaban J connectivity index is 3.07. The molecule has 0 heterocycles. The molecule has 1 aromatic carbocycles. The Hall–Kier alpha value is -1.43. The van der Waals surface area contributed by atoms with Crippen LogP contribution in [0.4, 0.5) is 13.2 Å². The van der Waals surface area contributed by atoms with Crippen molar-refractivity contribution in [3.05, 3.63) is 23.8 Å². The van der Waals surface area contributed by atoms with Gasteiger partial charge in [0.25, 0.3) is 0 Å². The quantitative estimate of drug-likeness (QED) is 0.677. The lowest BCUT2D eigenvalue weighted by Gasteiger charge is -2.11. The van der Waals surface area contributed by atoms with Gasteiger partial charge in [-0.05, 0) is 25.1 Å². The zero-order chi connectivity index (χ0) is 13.2. The molecule has 0 amide bonds. The van der Waals surface area contributed by atoms with Gasteiger partial charge in [0.1, 0.15) is 0 Å². The average molecular weight is 269 g/mol. The van der Waals surface area contributed by atoms with E-state index in [1.165, 1.54) is 13.0 Å². The number of carbonyl (C=O) groups excluding carboxylic acids is 1. The summed E-state index contributed by atoms with van der Waals surface area (Å²) >= 11 is 5.51. The Kier molecular flexibility index (Phi) is 3.87. The molecular weight excluding hydrogens is 261 g/mol. The highest BCUT2D eigenvalue weighted by molar-refractivity contribution is 6.33. The average Bonchev–Trinajstić information content (AvgIpc) is 2.18. The van der Waals surface area contributed by atoms with Gasteiger partial charge in [-0.25, -0.2) is 0 Å². The molecule has 0 aliphatic rings. The summed E-state index contributed by atoms with van der Waals surface area (Å²) in [6.45, 7) is 1.39. The van der Waals surface area contributed by atoms with Crippen molar-refractivity contribution in [1.82, 2.24) is 0 Å². The third kappa shape index (κ3) is 3.81. The van der Waals surface area contributed by atoms with Crippen molar-refractivity contribution in [3.8, 4) is 11.5 Å². The minimum absolute atomic E-state index is 0.0652. The number of alkyl halides is 4. The van der Waals surface area contributed by atoms with E-state index >= 15 is 0 Å². The fourth-order valence-electron chi connectivity index (χ4n) is 1.10. The number of Topliss-reactive ketones (excluding diaryl/α,β-unsaturated/α-hetero) is 1. The molecule has 0 aliphatic carbocycles. The molecule has 0 saturated carbocycles. The van der Waals surface area contributed by atoms with Gasteiger partial charge in [0, 0.05) is 5.56 Å². The van der Waals surface area contributed by atoms with Gasteiger partial charge in [-0.2, -0.15) is 0 Å². The molecule has 0 bridgehead atoms. The summed E-state index contributed by atoms with van der Waals surface area (Å²) < 4.78 is 39.5. The second-order valence-electron chi connectivity index (χ2n) is 3.21. The zero-order valence-corrected chi connectivity index (χ0v) is 9.34. The van der Waals surface area contributed by atoms with Crippen LogP contribution >= 0.6 is 11.6 Å². The number of benzene rings is 1. The van der Waals surface area contributed by atoms with Crippen molar-refractivity contribution < 1.29 is 27.8 Å². The van der Waals surface area contributed by atoms with Crippen LogP contribution in [0.1, 0.15) is 17.3 Å². The number of phenolic OH excluding ortho intramolecular Hbond substituents is 1. The van der Waals surface area contributed by atoms with Gasteiger partial charge in [0.2, 0.25) is 0 Å². The molecule has 1 aromatic rings. The zero-order valence-electron chi connectivity index (χ0n) is 8.58. The SMILES string of the molecule is CC(Cl)C(=O)c1ccc(O)c(OC(F)(F)F)c1. The summed E-state index contributed by atoms with van der Waals surface area (Å²) in [5, 5.41) is 8.27. The van der Waals surface area contributed by atoms with E-state index in [2.05, 4.69) is 4.74 Å². The number of hydrogen-bond donors (Lipinski definition) is 1. The maximum Gasteiger partial charge on any atom is 0.573 e. The van der Waals surface area contributed by atoms with E-state index in [1.54, 1.807) is 0 Å². The molecule has 0 spiro atoms. The van der Waals surface area contributed by atoms with Crippen LogP contribution < -0.4 is 4.74 Å². The number of carbonyl (C=O) groups is 1. The molecule has 94 valence electrons. The Labute approximate surface area is 99.8 Å². The fraction of sp³-hybridized carbons (Fsp3) is 0.300. The summed E-state index contributed by atoms with van der Waals surface area (Å²) in [4.78, 5) is 11.4. The van der Waals surface area contributed by atoms with Gasteiger partial charge in [-0.3, -0.25) is 4.79 Å². The minimum atomic E-state index is -4.94. The van der Waals surface area contributed by atoms with Gasteiger partial charge >= 0.3 is 6.36 Å². The van der Waals surface area contributed by atoms with Crippen LogP contribution in [-0.4, -0.2) is 22.6 Å². The van der Waals surface area contributed by atoms with Crippen LogP contribution in [0.2, 0.25) is 0 Å². The predicted octanol–water partition coefficient (Wildman–Crippen LogP) is 3.10. The Bertz CT molecular complexity index is 429. The van der Waals surface area contributed by atoms with Crippen molar-refractivity contribution in [3.63, 3.8) is 0 Å². The highest BCUT2D eigenvalue weighted by Crippen LogP contribution is 2.32. The van der Waals surface area contributed by atoms with Crippen molar-refractivity contribution in [1.29, 1.82) is 0 Å². The molecule has 1 atom stereocenters. The summed E-state index contributed by atoms with van der Waals surface area (Å²) in [6, 6.07) is 2.90. The van der Waals surface area contributed by atoms with E-state index in [4.69, 9.17) is 16.7 Å². The van der Waals surface area contributed by atoms with E-state index in [9.17, 15) is 18.0 Å². The van der Waals surface area contributed by atoms with Gasteiger partial charge in [-0.1, -0.05) is 0 Å². The minimum Gasteiger partial charge on any atom is -0.504 e. The van der Waals surface area contributed by atoms with E-state index in [0.717, 1.165) is 12.1 Å². The van der Waals surface area contributed by atoms with Gasteiger partial charge in [-0.15, -0.1) is 24.8 Å². The standard InChI is InChI=1S/C10H8ClF3O3/c1-5(11)9(16)6-2-3-7(15)8(4-6)17-10(12,13)14/h2-5,15H,1H3. The maximum absolute atomic E-state index is 12.0. The summed E-state index contributed by atoms with van der Waals surface area (Å²) in [5.74, 6) is -2.10. The van der Waals surface area contributed by atoms with Crippen LogP contribution in [0, 0.1) is 0 Å². The molecule has 1 unspecified atom stereocenters. The number of hydrogen-bond acceptors (Lipinski definition) is 3. The molecule has 0 radical (unpaired) electrons. The molecule has 0 fully saturated rings. The first-order valence-corrected chi connectivity index (χ1v) is 4.91. The van der Waals surface area contributed by atoms with Gasteiger partial charge < -0.3 is 9.84 Å². The smallest absolute Gasteiger partial charge is 0.504 e. The molecule has 17 heavy (non-hydrogen) atoms. The number of phenols is 1. The Morgan fingerprint density at radius 2 is 2.06 bits per heavy atom. The van der Waals surface area contributed by atoms with Crippen LogP contribution in [-0.2, 0) is 0 Å². The highest BCUT2D eigenvalue weighted by atomic mass is 35.5. The highest BCUT2D eigenvalue weighted by Gasteiger charge is 2.32. The van der Waals surface area contributed by atoms with E-state index in [-0.39, 0.29) is 5.56 Å². The normalized spacial score (nSPS) is 13.2. The summed E-state index contributed by atoms with van der Waals surface area (Å²) in [7, 11) is 0.